The quantitative estimate of drug-likeness (QED) is 0.779. The highest BCUT2D eigenvalue weighted by atomic mass is 16.6. The standard InChI is InChI=1S/C18H27N3O4/c1-11-15(19-12(2)24-11)16(22)21-8-13-6-7-20(9-14(13)10-21)17(23)25-18(3,4)5/h13-14H,6-10H2,1-5H3/t13-,14-/m1/s1. The van der Waals surface area contributed by atoms with Crippen LogP contribution >= 0.6 is 0 Å². The van der Waals surface area contributed by atoms with Crippen molar-refractivity contribution in [3.8, 4) is 0 Å². The molecule has 0 aliphatic carbocycles. The summed E-state index contributed by atoms with van der Waals surface area (Å²) in [7, 11) is 0. The fourth-order valence-corrected chi connectivity index (χ4v) is 3.70. The molecule has 0 radical (unpaired) electrons. The number of amides is 2. The predicted molar refractivity (Wildman–Crippen MR) is 91.3 cm³/mol. The molecule has 0 spiro atoms. The number of ether oxygens (including phenoxy) is 1. The van der Waals surface area contributed by atoms with Gasteiger partial charge in [0.25, 0.3) is 5.91 Å². The molecule has 2 fully saturated rings. The van der Waals surface area contributed by atoms with Crippen LogP contribution < -0.4 is 0 Å². The van der Waals surface area contributed by atoms with Gasteiger partial charge in [-0.15, -0.1) is 0 Å². The molecule has 7 nitrogen and oxygen atoms in total. The molecule has 0 saturated carbocycles. The molecule has 0 N–H and O–H groups in total. The minimum absolute atomic E-state index is 0.0763. The molecule has 25 heavy (non-hydrogen) atoms. The Bertz CT molecular complexity index is 676. The third kappa shape index (κ3) is 3.80. The molecule has 2 amide bonds. The van der Waals surface area contributed by atoms with E-state index in [0.29, 0.717) is 48.8 Å². The Morgan fingerprint density at radius 1 is 1.12 bits per heavy atom. The van der Waals surface area contributed by atoms with Crippen molar-refractivity contribution in [3.63, 3.8) is 0 Å². The van der Waals surface area contributed by atoms with E-state index in [1.807, 2.05) is 25.7 Å². The topological polar surface area (TPSA) is 75.9 Å². The van der Waals surface area contributed by atoms with Gasteiger partial charge in [-0.2, -0.15) is 0 Å². The van der Waals surface area contributed by atoms with E-state index < -0.39 is 5.60 Å². The van der Waals surface area contributed by atoms with E-state index >= 15 is 0 Å². The van der Waals surface area contributed by atoms with E-state index in [9.17, 15) is 9.59 Å². The number of nitrogens with zero attached hydrogens (tertiary/aromatic N) is 3. The van der Waals surface area contributed by atoms with E-state index in [0.717, 1.165) is 13.0 Å². The zero-order valence-corrected chi connectivity index (χ0v) is 15.7. The highest BCUT2D eigenvalue weighted by Crippen LogP contribution is 2.32. The van der Waals surface area contributed by atoms with Crippen molar-refractivity contribution >= 4 is 12.0 Å². The molecule has 0 bridgehead atoms. The highest BCUT2D eigenvalue weighted by Gasteiger charge is 2.41. The molecule has 0 aromatic carbocycles. The number of likely N-dealkylation sites (tertiary alicyclic amines) is 2. The molecule has 3 rings (SSSR count). The van der Waals surface area contributed by atoms with Crippen LogP contribution in [0.4, 0.5) is 4.79 Å². The van der Waals surface area contributed by atoms with Gasteiger partial charge in [0, 0.05) is 33.1 Å². The van der Waals surface area contributed by atoms with Crippen LogP contribution in [0.25, 0.3) is 0 Å². The number of oxazole rings is 1. The first-order chi connectivity index (χ1) is 11.6. The lowest BCUT2D eigenvalue weighted by molar-refractivity contribution is 0.0139. The number of hydrogen-bond donors (Lipinski definition) is 0. The lowest BCUT2D eigenvalue weighted by Crippen LogP contribution is -2.45. The average molecular weight is 349 g/mol. The number of fused-ring (bicyclic) bond motifs is 1. The van der Waals surface area contributed by atoms with Crippen LogP contribution in [0.2, 0.25) is 0 Å². The number of aromatic nitrogens is 1. The number of aryl methyl sites for hydroxylation is 2. The number of piperidine rings is 1. The van der Waals surface area contributed by atoms with Gasteiger partial charge in [0.05, 0.1) is 0 Å². The summed E-state index contributed by atoms with van der Waals surface area (Å²) in [6, 6.07) is 0. The second kappa shape index (κ2) is 6.35. The zero-order chi connectivity index (χ0) is 18.4. The van der Waals surface area contributed by atoms with Crippen LogP contribution in [0, 0.1) is 25.7 Å². The number of carbonyl (C=O) groups excluding carboxylic acids is 2. The number of rotatable bonds is 1. The van der Waals surface area contributed by atoms with Gasteiger partial charge >= 0.3 is 6.09 Å². The molecule has 2 atom stereocenters. The second-order valence-electron chi connectivity index (χ2n) is 8.08. The van der Waals surface area contributed by atoms with Crippen LogP contribution in [0.15, 0.2) is 4.42 Å². The molecule has 7 heteroatoms. The minimum atomic E-state index is -0.492. The third-order valence-electron chi connectivity index (χ3n) is 4.85. The molecule has 1 aromatic heterocycles. The van der Waals surface area contributed by atoms with Crippen molar-refractivity contribution in [2.75, 3.05) is 26.2 Å². The van der Waals surface area contributed by atoms with E-state index in [2.05, 4.69) is 4.98 Å². The van der Waals surface area contributed by atoms with E-state index in [1.54, 1.807) is 18.7 Å². The van der Waals surface area contributed by atoms with Gasteiger partial charge in [-0.25, -0.2) is 9.78 Å². The van der Waals surface area contributed by atoms with Crippen LogP contribution in [-0.2, 0) is 4.74 Å². The zero-order valence-electron chi connectivity index (χ0n) is 15.7. The third-order valence-corrected chi connectivity index (χ3v) is 4.85. The summed E-state index contributed by atoms with van der Waals surface area (Å²) in [5.41, 5.74) is -0.0892. The summed E-state index contributed by atoms with van der Waals surface area (Å²) >= 11 is 0. The van der Waals surface area contributed by atoms with Crippen molar-refractivity contribution in [2.24, 2.45) is 11.8 Å². The van der Waals surface area contributed by atoms with Crippen LogP contribution in [-0.4, -0.2) is 58.6 Å². The lowest BCUT2D eigenvalue weighted by atomic mass is 9.89. The van der Waals surface area contributed by atoms with Gasteiger partial charge < -0.3 is 19.0 Å². The average Bonchev–Trinajstić information content (AvgIpc) is 3.06. The maximum absolute atomic E-state index is 12.7. The van der Waals surface area contributed by atoms with Gasteiger partial charge in [-0.3, -0.25) is 4.79 Å². The van der Waals surface area contributed by atoms with Crippen molar-refractivity contribution in [3.05, 3.63) is 17.3 Å². The first-order valence-corrected chi connectivity index (χ1v) is 8.85. The van der Waals surface area contributed by atoms with Crippen LogP contribution in [0.1, 0.15) is 49.3 Å². The summed E-state index contributed by atoms with van der Waals surface area (Å²) in [5.74, 6) is 1.71. The fourth-order valence-electron chi connectivity index (χ4n) is 3.70. The first kappa shape index (κ1) is 17.8. The van der Waals surface area contributed by atoms with Crippen molar-refractivity contribution in [1.82, 2.24) is 14.8 Å². The smallest absolute Gasteiger partial charge is 0.410 e. The molecule has 2 aliphatic rings. The number of hydrogen-bond acceptors (Lipinski definition) is 5. The van der Waals surface area contributed by atoms with Gasteiger partial charge in [-0.1, -0.05) is 0 Å². The fraction of sp³-hybridized carbons (Fsp3) is 0.722. The molecular weight excluding hydrogens is 322 g/mol. The summed E-state index contributed by atoms with van der Waals surface area (Å²) in [5, 5.41) is 0. The summed E-state index contributed by atoms with van der Waals surface area (Å²) in [4.78, 5) is 32.8. The minimum Gasteiger partial charge on any atom is -0.445 e. The van der Waals surface area contributed by atoms with Gasteiger partial charge in [-0.05, 0) is 46.0 Å². The van der Waals surface area contributed by atoms with Gasteiger partial charge in [0.2, 0.25) is 0 Å². The molecule has 2 aliphatic heterocycles. The normalized spacial score (nSPS) is 23.6. The summed E-state index contributed by atoms with van der Waals surface area (Å²) < 4.78 is 10.9. The highest BCUT2D eigenvalue weighted by molar-refractivity contribution is 5.93. The van der Waals surface area contributed by atoms with E-state index in [-0.39, 0.29) is 12.0 Å². The molecule has 3 heterocycles. The second-order valence-corrected chi connectivity index (χ2v) is 8.08. The molecule has 0 unspecified atom stereocenters. The monoisotopic (exact) mass is 349 g/mol. The van der Waals surface area contributed by atoms with E-state index in [1.165, 1.54) is 0 Å². The van der Waals surface area contributed by atoms with Gasteiger partial charge in [0.1, 0.15) is 11.4 Å². The molecular formula is C18H27N3O4. The largest absolute Gasteiger partial charge is 0.445 e. The lowest BCUT2D eigenvalue weighted by Gasteiger charge is -2.35. The van der Waals surface area contributed by atoms with Crippen LogP contribution in [0.3, 0.4) is 0 Å². The Morgan fingerprint density at radius 2 is 1.76 bits per heavy atom. The van der Waals surface area contributed by atoms with E-state index in [4.69, 9.17) is 9.15 Å². The van der Waals surface area contributed by atoms with Crippen LogP contribution in [0.5, 0.6) is 0 Å². The molecule has 1 aromatic rings. The van der Waals surface area contributed by atoms with Crippen molar-refractivity contribution in [2.45, 2.75) is 46.6 Å². The molecule has 2 saturated heterocycles. The number of carbonyl (C=O) groups is 2. The Labute approximate surface area is 148 Å². The van der Waals surface area contributed by atoms with Gasteiger partial charge in [0.15, 0.2) is 11.6 Å². The summed E-state index contributed by atoms with van der Waals surface area (Å²) in [6.07, 6.45) is 0.628. The maximum Gasteiger partial charge on any atom is 0.410 e. The maximum atomic E-state index is 12.7. The molecule has 138 valence electrons. The SMILES string of the molecule is Cc1nc(C(=O)N2C[C@H]3CCN(C(=O)OC(C)(C)C)C[C@@H]3C2)c(C)o1. The Morgan fingerprint density at radius 3 is 2.36 bits per heavy atom. The van der Waals surface area contributed by atoms with Crippen molar-refractivity contribution in [1.29, 1.82) is 0 Å². The predicted octanol–water partition coefficient (Wildman–Crippen LogP) is 2.62. The Kier molecular flexibility index (Phi) is 4.51. The Hall–Kier alpha value is -2.05. The Balaban J connectivity index is 1.63. The first-order valence-electron chi connectivity index (χ1n) is 8.85. The summed E-state index contributed by atoms with van der Waals surface area (Å²) in [6.45, 7) is 11.8. The van der Waals surface area contributed by atoms with Crippen molar-refractivity contribution < 1.29 is 18.7 Å².